The summed E-state index contributed by atoms with van der Waals surface area (Å²) in [6, 6.07) is 8.46. The van der Waals surface area contributed by atoms with E-state index in [2.05, 4.69) is 21.9 Å². The summed E-state index contributed by atoms with van der Waals surface area (Å²) >= 11 is 6.04. The van der Waals surface area contributed by atoms with Crippen molar-refractivity contribution in [3.8, 4) is 0 Å². The van der Waals surface area contributed by atoms with Crippen LogP contribution in [-0.2, 0) is 10.2 Å². The third kappa shape index (κ3) is 3.48. The van der Waals surface area contributed by atoms with Gasteiger partial charge in [0.15, 0.2) is 0 Å². The molecule has 3 aliphatic rings. The number of rotatable bonds is 5. The second-order valence-corrected chi connectivity index (χ2v) is 8.41. The molecule has 0 radical (unpaired) electrons. The molecule has 1 aliphatic carbocycles. The van der Waals surface area contributed by atoms with Crippen LogP contribution < -0.4 is 0 Å². The lowest BCUT2D eigenvalue weighted by Gasteiger charge is -2.36. The molecule has 4 rings (SSSR count). The third-order valence-electron chi connectivity index (χ3n) is 6.09. The lowest BCUT2D eigenvalue weighted by Crippen LogP contribution is -2.44. The molecule has 0 spiro atoms. The highest BCUT2D eigenvalue weighted by Gasteiger charge is 2.45. The maximum atomic E-state index is 11.9. The summed E-state index contributed by atoms with van der Waals surface area (Å²) < 4.78 is 0. The van der Waals surface area contributed by atoms with E-state index in [9.17, 15) is 4.79 Å². The van der Waals surface area contributed by atoms with Crippen LogP contribution in [0.3, 0.4) is 0 Å². The zero-order valence-electron chi connectivity index (χ0n) is 14.3. The average Bonchev–Trinajstić information content (AvgIpc) is 3.25. The smallest absolute Gasteiger partial charge is 0.222 e. The van der Waals surface area contributed by atoms with Crippen molar-refractivity contribution in [2.24, 2.45) is 5.92 Å². The number of likely N-dealkylation sites (tertiary alicyclic amines) is 2. The van der Waals surface area contributed by atoms with Crippen LogP contribution in [0.4, 0.5) is 0 Å². The fraction of sp³-hybridized carbons (Fsp3) is 0.650. The summed E-state index contributed by atoms with van der Waals surface area (Å²) in [4.78, 5) is 16.6. The first-order valence-corrected chi connectivity index (χ1v) is 9.79. The van der Waals surface area contributed by atoms with E-state index in [1.165, 1.54) is 44.3 Å². The molecule has 3 nitrogen and oxygen atoms in total. The predicted octanol–water partition coefficient (Wildman–Crippen LogP) is 3.71. The number of nitrogens with zero attached hydrogens (tertiary/aromatic N) is 2. The third-order valence-corrected chi connectivity index (χ3v) is 6.34. The fourth-order valence-electron chi connectivity index (χ4n) is 4.57. The van der Waals surface area contributed by atoms with Gasteiger partial charge in [0.25, 0.3) is 0 Å². The monoisotopic (exact) mass is 346 g/mol. The average molecular weight is 347 g/mol. The molecular weight excluding hydrogens is 320 g/mol. The lowest BCUT2D eigenvalue weighted by atomic mass is 9.92. The van der Waals surface area contributed by atoms with Crippen molar-refractivity contribution in [2.75, 3.05) is 32.7 Å². The number of halogens is 1. The highest BCUT2D eigenvalue weighted by molar-refractivity contribution is 6.30. The van der Waals surface area contributed by atoms with Gasteiger partial charge in [0, 0.05) is 43.0 Å². The minimum Gasteiger partial charge on any atom is -0.342 e. The summed E-state index contributed by atoms with van der Waals surface area (Å²) in [6.45, 7) is 5.48. The Morgan fingerprint density at radius 2 is 1.92 bits per heavy atom. The topological polar surface area (TPSA) is 23.6 Å². The highest BCUT2D eigenvalue weighted by Crippen LogP contribution is 2.49. The number of piperidine rings is 1. The van der Waals surface area contributed by atoms with Gasteiger partial charge in [-0.1, -0.05) is 23.7 Å². The number of carbonyl (C=O) groups is 1. The van der Waals surface area contributed by atoms with E-state index < -0.39 is 0 Å². The summed E-state index contributed by atoms with van der Waals surface area (Å²) in [5.74, 6) is 1.02. The summed E-state index contributed by atoms with van der Waals surface area (Å²) in [5, 5.41) is 0.822. The Labute approximate surface area is 150 Å². The Hall–Kier alpha value is -1.06. The second kappa shape index (κ2) is 6.68. The largest absolute Gasteiger partial charge is 0.342 e. The molecule has 2 saturated heterocycles. The van der Waals surface area contributed by atoms with Crippen molar-refractivity contribution in [1.82, 2.24) is 9.80 Å². The zero-order chi connectivity index (χ0) is 16.6. The number of hydrogen-bond donors (Lipinski definition) is 0. The molecule has 1 aromatic rings. The Morgan fingerprint density at radius 3 is 2.58 bits per heavy atom. The quantitative estimate of drug-likeness (QED) is 0.811. The zero-order valence-corrected chi connectivity index (χ0v) is 15.1. The van der Waals surface area contributed by atoms with Gasteiger partial charge < -0.3 is 9.80 Å². The van der Waals surface area contributed by atoms with Crippen molar-refractivity contribution < 1.29 is 4.79 Å². The van der Waals surface area contributed by atoms with Gasteiger partial charge in [0.2, 0.25) is 5.91 Å². The Bertz CT molecular complexity index is 596. The molecule has 0 N–H and O–H groups in total. The molecule has 130 valence electrons. The van der Waals surface area contributed by atoms with E-state index in [1.807, 2.05) is 12.1 Å². The Morgan fingerprint density at radius 1 is 1.12 bits per heavy atom. The van der Waals surface area contributed by atoms with Gasteiger partial charge in [-0.15, -0.1) is 0 Å². The van der Waals surface area contributed by atoms with Crippen molar-refractivity contribution >= 4 is 17.5 Å². The first kappa shape index (κ1) is 16.4. The molecule has 4 heteroatoms. The van der Waals surface area contributed by atoms with Gasteiger partial charge >= 0.3 is 0 Å². The first-order chi connectivity index (χ1) is 11.6. The molecule has 0 unspecified atom stereocenters. The van der Waals surface area contributed by atoms with Crippen LogP contribution in [0, 0.1) is 5.92 Å². The maximum absolute atomic E-state index is 11.9. The minimum absolute atomic E-state index is 0.357. The first-order valence-electron chi connectivity index (χ1n) is 9.41. The van der Waals surface area contributed by atoms with Crippen molar-refractivity contribution in [2.45, 2.75) is 43.9 Å². The SMILES string of the molecule is O=C1CCCN1C[C@@H]1CCCN(CC2(c3ccc(Cl)cc3)CC2)C1. The Kier molecular flexibility index (Phi) is 4.57. The number of benzene rings is 1. The van der Waals surface area contributed by atoms with Crippen LogP contribution in [0.25, 0.3) is 0 Å². The van der Waals surface area contributed by atoms with E-state index in [0.29, 0.717) is 17.2 Å². The van der Waals surface area contributed by atoms with Crippen molar-refractivity contribution in [3.05, 3.63) is 34.9 Å². The molecule has 24 heavy (non-hydrogen) atoms. The van der Waals surface area contributed by atoms with Crippen LogP contribution in [0.15, 0.2) is 24.3 Å². The van der Waals surface area contributed by atoms with Crippen LogP contribution in [-0.4, -0.2) is 48.4 Å². The second-order valence-electron chi connectivity index (χ2n) is 7.97. The van der Waals surface area contributed by atoms with E-state index >= 15 is 0 Å². The van der Waals surface area contributed by atoms with Crippen LogP contribution in [0.2, 0.25) is 5.02 Å². The maximum Gasteiger partial charge on any atom is 0.222 e. The molecule has 1 saturated carbocycles. The summed E-state index contributed by atoms with van der Waals surface area (Å²) in [7, 11) is 0. The highest BCUT2D eigenvalue weighted by atomic mass is 35.5. The molecule has 1 atom stereocenters. The molecule has 2 heterocycles. The number of hydrogen-bond acceptors (Lipinski definition) is 2. The molecule has 0 bridgehead atoms. The predicted molar refractivity (Wildman–Crippen MR) is 97.3 cm³/mol. The van der Waals surface area contributed by atoms with Gasteiger partial charge in [0.05, 0.1) is 0 Å². The minimum atomic E-state index is 0.357. The van der Waals surface area contributed by atoms with Crippen molar-refractivity contribution in [3.63, 3.8) is 0 Å². The number of amides is 1. The number of carbonyl (C=O) groups excluding carboxylic acids is 1. The molecule has 1 amide bonds. The normalized spacial score (nSPS) is 26.8. The van der Waals surface area contributed by atoms with E-state index in [1.54, 1.807) is 0 Å². The lowest BCUT2D eigenvalue weighted by molar-refractivity contribution is -0.128. The van der Waals surface area contributed by atoms with Gasteiger partial charge in [0.1, 0.15) is 0 Å². The van der Waals surface area contributed by atoms with E-state index in [0.717, 1.165) is 37.5 Å². The molecule has 1 aromatic carbocycles. The van der Waals surface area contributed by atoms with E-state index in [-0.39, 0.29) is 0 Å². The molecule has 3 fully saturated rings. The van der Waals surface area contributed by atoms with E-state index in [4.69, 9.17) is 11.6 Å². The van der Waals surface area contributed by atoms with Gasteiger partial charge in [-0.25, -0.2) is 0 Å². The fourth-order valence-corrected chi connectivity index (χ4v) is 4.70. The summed E-state index contributed by atoms with van der Waals surface area (Å²) in [5.41, 5.74) is 1.80. The Balaban J connectivity index is 1.36. The standard InChI is InChI=1S/C20H27ClN2O/c21-18-7-5-17(6-8-18)20(9-10-20)15-22-11-1-3-16(13-22)14-23-12-2-4-19(23)24/h5-8,16H,1-4,9-15H2/t16-/m1/s1. The van der Waals surface area contributed by atoms with Crippen LogP contribution >= 0.6 is 11.6 Å². The molecule has 2 aliphatic heterocycles. The van der Waals surface area contributed by atoms with Crippen molar-refractivity contribution in [1.29, 1.82) is 0 Å². The van der Waals surface area contributed by atoms with Crippen LogP contribution in [0.1, 0.15) is 44.1 Å². The molecule has 0 aromatic heterocycles. The molecular formula is C20H27ClN2O. The van der Waals surface area contributed by atoms with Gasteiger partial charge in [-0.05, 0) is 62.3 Å². The van der Waals surface area contributed by atoms with Crippen LogP contribution in [0.5, 0.6) is 0 Å². The van der Waals surface area contributed by atoms with Gasteiger partial charge in [-0.2, -0.15) is 0 Å². The summed E-state index contributed by atoms with van der Waals surface area (Å²) in [6.07, 6.45) is 6.93. The van der Waals surface area contributed by atoms with Gasteiger partial charge in [-0.3, -0.25) is 4.79 Å².